The molecule has 98 valence electrons. The van der Waals surface area contributed by atoms with Gasteiger partial charge in [-0.05, 0) is 11.6 Å². The summed E-state index contributed by atoms with van der Waals surface area (Å²) in [5.74, 6) is 0. The molecule has 0 aliphatic rings. The van der Waals surface area contributed by atoms with Crippen LogP contribution in [0, 0.1) is 0 Å². The monoisotopic (exact) mass is 261 g/mol. The minimum Gasteiger partial charge on any atom is -0.336 e. The molecule has 0 aliphatic heterocycles. The SMILES string of the molecule is C=C[C@H](c1ccccc1)n1cc(C=O)c2ccccc21. The van der Waals surface area contributed by atoms with Crippen LogP contribution in [-0.2, 0) is 0 Å². The van der Waals surface area contributed by atoms with Gasteiger partial charge < -0.3 is 4.57 Å². The lowest BCUT2D eigenvalue weighted by Crippen LogP contribution is -2.06. The Balaban J connectivity index is 2.23. The molecule has 20 heavy (non-hydrogen) atoms. The molecule has 0 amide bonds. The van der Waals surface area contributed by atoms with E-state index in [4.69, 9.17) is 0 Å². The summed E-state index contributed by atoms with van der Waals surface area (Å²) in [5.41, 5.74) is 2.91. The predicted molar refractivity (Wildman–Crippen MR) is 82.1 cm³/mol. The quantitative estimate of drug-likeness (QED) is 0.509. The van der Waals surface area contributed by atoms with E-state index in [-0.39, 0.29) is 6.04 Å². The molecule has 0 aliphatic carbocycles. The number of carbonyl (C=O) groups excluding carboxylic acids is 1. The molecule has 0 fully saturated rings. The van der Waals surface area contributed by atoms with Crippen LogP contribution in [0.3, 0.4) is 0 Å². The molecule has 0 bridgehead atoms. The van der Waals surface area contributed by atoms with Gasteiger partial charge in [-0.3, -0.25) is 4.79 Å². The van der Waals surface area contributed by atoms with E-state index in [2.05, 4.69) is 23.3 Å². The summed E-state index contributed by atoms with van der Waals surface area (Å²) in [6.07, 6.45) is 4.71. The second-order valence-corrected chi connectivity index (χ2v) is 4.72. The first-order valence-corrected chi connectivity index (χ1v) is 6.57. The van der Waals surface area contributed by atoms with Crippen LogP contribution in [0.1, 0.15) is 22.0 Å². The van der Waals surface area contributed by atoms with Gasteiger partial charge in [0.1, 0.15) is 0 Å². The summed E-state index contributed by atoms with van der Waals surface area (Å²) < 4.78 is 2.10. The largest absolute Gasteiger partial charge is 0.336 e. The van der Waals surface area contributed by atoms with Crippen LogP contribution < -0.4 is 0 Å². The normalized spacial score (nSPS) is 12.2. The standard InChI is InChI=1S/C18H15NO/c1-2-17(14-8-4-3-5-9-14)19-12-15(13-20)16-10-6-7-11-18(16)19/h2-13,17H,1H2/t17-/m1/s1. The van der Waals surface area contributed by atoms with Crippen LogP contribution in [0.2, 0.25) is 0 Å². The van der Waals surface area contributed by atoms with E-state index < -0.39 is 0 Å². The number of carbonyl (C=O) groups is 1. The minimum atomic E-state index is 0.0230. The van der Waals surface area contributed by atoms with Gasteiger partial charge in [0, 0.05) is 22.7 Å². The molecule has 0 radical (unpaired) electrons. The first kappa shape index (κ1) is 12.4. The zero-order valence-corrected chi connectivity index (χ0v) is 11.1. The number of para-hydroxylation sites is 1. The molecule has 0 saturated carbocycles. The summed E-state index contributed by atoms with van der Waals surface area (Å²) in [7, 11) is 0. The van der Waals surface area contributed by atoms with Crippen molar-refractivity contribution in [3.05, 3.63) is 84.6 Å². The fourth-order valence-corrected chi connectivity index (χ4v) is 2.62. The van der Waals surface area contributed by atoms with Crippen molar-refractivity contribution in [2.24, 2.45) is 0 Å². The average molecular weight is 261 g/mol. The summed E-state index contributed by atoms with van der Waals surface area (Å²) in [6, 6.07) is 18.1. The predicted octanol–water partition coefficient (Wildman–Crippen LogP) is 4.23. The fourth-order valence-electron chi connectivity index (χ4n) is 2.62. The van der Waals surface area contributed by atoms with E-state index in [0.717, 1.165) is 22.8 Å². The van der Waals surface area contributed by atoms with Crippen molar-refractivity contribution < 1.29 is 4.79 Å². The molecule has 2 aromatic carbocycles. The maximum absolute atomic E-state index is 11.2. The molecule has 0 unspecified atom stereocenters. The van der Waals surface area contributed by atoms with E-state index in [1.54, 1.807) is 0 Å². The Kier molecular flexibility index (Phi) is 3.21. The van der Waals surface area contributed by atoms with Crippen LogP contribution >= 0.6 is 0 Å². The Morgan fingerprint density at radius 2 is 1.70 bits per heavy atom. The molecule has 1 heterocycles. The number of rotatable bonds is 4. The van der Waals surface area contributed by atoms with E-state index >= 15 is 0 Å². The molecule has 2 nitrogen and oxygen atoms in total. The number of nitrogens with zero attached hydrogens (tertiary/aromatic N) is 1. The van der Waals surface area contributed by atoms with Crippen molar-refractivity contribution in [3.8, 4) is 0 Å². The van der Waals surface area contributed by atoms with Crippen LogP contribution in [0.4, 0.5) is 0 Å². The summed E-state index contributed by atoms with van der Waals surface area (Å²) in [6.45, 7) is 3.95. The van der Waals surface area contributed by atoms with Gasteiger partial charge in [0.05, 0.1) is 6.04 Å². The smallest absolute Gasteiger partial charge is 0.152 e. The lowest BCUT2D eigenvalue weighted by atomic mass is 10.1. The Hall–Kier alpha value is -2.61. The summed E-state index contributed by atoms with van der Waals surface area (Å²) >= 11 is 0. The van der Waals surface area contributed by atoms with Gasteiger partial charge in [0.2, 0.25) is 0 Å². The third-order valence-corrected chi connectivity index (χ3v) is 3.56. The Morgan fingerprint density at radius 3 is 2.40 bits per heavy atom. The number of allylic oxidation sites excluding steroid dienone is 1. The lowest BCUT2D eigenvalue weighted by Gasteiger charge is -2.16. The third kappa shape index (κ3) is 1.95. The van der Waals surface area contributed by atoms with Crippen molar-refractivity contribution in [1.29, 1.82) is 0 Å². The molecule has 3 aromatic rings. The second-order valence-electron chi connectivity index (χ2n) is 4.72. The van der Waals surface area contributed by atoms with E-state index in [1.807, 2.05) is 54.7 Å². The molecule has 0 spiro atoms. The zero-order valence-electron chi connectivity index (χ0n) is 11.1. The summed E-state index contributed by atoms with van der Waals surface area (Å²) in [5, 5.41) is 0.977. The fraction of sp³-hybridized carbons (Fsp3) is 0.0556. The average Bonchev–Trinajstić information content (AvgIpc) is 2.88. The maximum atomic E-state index is 11.2. The van der Waals surface area contributed by atoms with Crippen LogP contribution in [0.25, 0.3) is 10.9 Å². The van der Waals surface area contributed by atoms with Gasteiger partial charge in [-0.15, -0.1) is 6.58 Å². The number of fused-ring (bicyclic) bond motifs is 1. The Labute approximate surface area is 118 Å². The van der Waals surface area contributed by atoms with E-state index in [0.29, 0.717) is 5.56 Å². The van der Waals surface area contributed by atoms with Crippen molar-refractivity contribution >= 4 is 17.2 Å². The summed E-state index contributed by atoms with van der Waals surface area (Å²) in [4.78, 5) is 11.2. The zero-order chi connectivity index (χ0) is 13.9. The molecule has 0 saturated heterocycles. The van der Waals surface area contributed by atoms with Crippen molar-refractivity contribution in [2.45, 2.75) is 6.04 Å². The van der Waals surface area contributed by atoms with Gasteiger partial charge in [0.25, 0.3) is 0 Å². The number of hydrogen-bond donors (Lipinski definition) is 0. The number of hydrogen-bond acceptors (Lipinski definition) is 1. The molecular weight excluding hydrogens is 246 g/mol. The topological polar surface area (TPSA) is 22.0 Å². The first-order chi connectivity index (χ1) is 9.85. The molecule has 2 heteroatoms. The molecular formula is C18H15NO. The second kappa shape index (κ2) is 5.17. The van der Waals surface area contributed by atoms with Crippen LogP contribution in [-0.4, -0.2) is 10.9 Å². The highest BCUT2D eigenvalue weighted by atomic mass is 16.1. The molecule has 1 aromatic heterocycles. The molecule has 3 rings (SSSR count). The Bertz CT molecular complexity index is 755. The maximum Gasteiger partial charge on any atom is 0.152 e. The minimum absolute atomic E-state index is 0.0230. The molecule has 1 atom stereocenters. The number of aldehydes is 1. The van der Waals surface area contributed by atoms with E-state index in [1.165, 1.54) is 0 Å². The van der Waals surface area contributed by atoms with Gasteiger partial charge in [-0.2, -0.15) is 0 Å². The van der Waals surface area contributed by atoms with Crippen molar-refractivity contribution in [2.75, 3.05) is 0 Å². The van der Waals surface area contributed by atoms with E-state index in [9.17, 15) is 4.79 Å². The van der Waals surface area contributed by atoms with Crippen LogP contribution in [0.15, 0.2) is 73.4 Å². The van der Waals surface area contributed by atoms with Crippen LogP contribution in [0.5, 0.6) is 0 Å². The van der Waals surface area contributed by atoms with Crippen molar-refractivity contribution in [1.82, 2.24) is 4.57 Å². The Morgan fingerprint density at radius 1 is 1.00 bits per heavy atom. The lowest BCUT2D eigenvalue weighted by molar-refractivity contribution is 0.112. The highest BCUT2D eigenvalue weighted by Gasteiger charge is 2.14. The van der Waals surface area contributed by atoms with Gasteiger partial charge in [-0.1, -0.05) is 54.6 Å². The molecule has 0 N–H and O–H groups in total. The number of aromatic nitrogens is 1. The third-order valence-electron chi connectivity index (χ3n) is 3.56. The first-order valence-electron chi connectivity index (χ1n) is 6.57. The van der Waals surface area contributed by atoms with Gasteiger partial charge in [-0.25, -0.2) is 0 Å². The highest BCUT2D eigenvalue weighted by molar-refractivity contribution is 5.97. The van der Waals surface area contributed by atoms with Gasteiger partial charge in [0.15, 0.2) is 6.29 Å². The number of benzene rings is 2. The van der Waals surface area contributed by atoms with Gasteiger partial charge >= 0.3 is 0 Å². The highest BCUT2D eigenvalue weighted by Crippen LogP contribution is 2.28. The van der Waals surface area contributed by atoms with Crippen molar-refractivity contribution in [3.63, 3.8) is 0 Å².